The average Bonchev–Trinajstić information content (AvgIpc) is 2.25. The van der Waals surface area contributed by atoms with Crippen molar-refractivity contribution in [3.63, 3.8) is 0 Å². The predicted molar refractivity (Wildman–Crippen MR) is 67.8 cm³/mol. The number of carboxylic acid groups (broad SMARTS) is 1. The summed E-state index contributed by atoms with van der Waals surface area (Å²) in [4.78, 5) is 21.7. The fourth-order valence-corrected chi connectivity index (χ4v) is 1.78. The third-order valence-corrected chi connectivity index (χ3v) is 2.76. The number of carbonyl (C=O) groups excluding carboxylic acids is 1. The van der Waals surface area contributed by atoms with E-state index >= 15 is 0 Å². The van der Waals surface area contributed by atoms with Gasteiger partial charge in [0.1, 0.15) is 11.9 Å². The second kappa shape index (κ2) is 6.34. The van der Waals surface area contributed by atoms with Gasteiger partial charge in [0.05, 0.1) is 0 Å². The van der Waals surface area contributed by atoms with Crippen LogP contribution in [0, 0.1) is 5.82 Å². The third kappa shape index (κ3) is 4.33. The van der Waals surface area contributed by atoms with Crippen molar-refractivity contribution in [3.8, 4) is 0 Å². The number of nitrogens with one attached hydrogen (secondary N) is 2. The molecule has 1 amide bonds. The van der Waals surface area contributed by atoms with E-state index in [4.69, 9.17) is 5.11 Å². The molecule has 98 valence electrons. The van der Waals surface area contributed by atoms with Crippen molar-refractivity contribution in [1.82, 2.24) is 5.32 Å². The summed E-state index contributed by atoms with van der Waals surface area (Å²) < 4.78 is 13.3. The van der Waals surface area contributed by atoms with Crippen LogP contribution in [0.5, 0.6) is 0 Å². The van der Waals surface area contributed by atoms with Crippen LogP contribution in [0.3, 0.4) is 0 Å². The van der Waals surface area contributed by atoms with Gasteiger partial charge < -0.3 is 15.7 Å². The molecule has 0 aliphatic carbocycles. The van der Waals surface area contributed by atoms with E-state index in [-0.39, 0.29) is 6.54 Å². The second-order valence-corrected chi connectivity index (χ2v) is 4.45. The molecule has 1 atom stereocenters. The Bertz CT molecular complexity index is 468. The molecule has 18 heavy (non-hydrogen) atoms. The molecule has 1 aromatic rings. The summed E-state index contributed by atoms with van der Waals surface area (Å²) in [5.74, 6) is -1.97. The lowest BCUT2D eigenvalue weighted by molar-refractivity contribution is -0.141. The van der Waals surface area contributed by atoms with Crippen molar-refractivity contribution in [2.24, 2.45) is 0 Å². The highest BCUT2D eigenvalue weighted by Crippen LogP contribution is 2.22. The van der Waals surface area contributed by atoms with Crippen molar-refractivity contribution in [1.29, 1.82) is 0 Å². The molecule has 0 saturated heterocycles. The largest absolute Gasteiger partial charge is 0.480 e. The van der Waals surface area contributed by atoms with Crippen LogP contribution < -0.4 is 10.6 Å². The molecule has 0 spiro atoms. The van der Waals surface area contributed by atoms with E-state index in [1.54, 1.807) is 0 Å². The molecular weight excluding hydrogens is 307 g/mol. The first-order valence-electron chi connectivity index (χ1n) is 5.09. The molecule has 0 saturated carbocycles. The number of halogens is 2. The van der Waals surface area contributed by atoms with E-state index in [1.165, 1.54) is 25.1 Å². The summed E-state index contributed by atoms with van der Waals surface area (Å²) in [6, 6.07) is 2.95. The van der Waals surface area contributed by atoms with E-state index in [0.717, 1.165) is 0 Å². The molecule has 0 aromatic heterocycles. The summed E-state index contributed by atoms with van der Waals surface area (Å²) in [6.07, 6.45) is 0. The van der Waals surface area contributed by atoms with Gasteiger partial charge in [-0.15, -0.1) is 0 Å². The van der Waals surface area contributed by atoms with Crippen LogP contribution in [-0.4, -0.2) is 29.6 Å². The lowest BCUT2D eigenvalue weighted by atomic mass is 10.2. The van der Waals surface area contributed by atoms with Crippen molar-refractivity contribution >= 4 is 33.5 Å². The standard InChI is InChI=1S/C11H12BrFN2O3/c1-6(16)15-10(11(17)18)5-14-9-3-2-7(13)4-8(9)12/h2-4,10,14H,5H2,1H3,(H,15,16)(H,17,18). The van der Waals surface area contributed by atoms with Gasteiger partial charge in [-0.05, 0) is 34.1 Å². The summed E-state index contributed by atoms with van der Waals surface area (Å²) in [5.41, 5.74) is 0.549. The maximum atomic E-state index is 12.8. The van der Waals surface area contributed by atoms with Crippen LogP contribution in [0.1, 0.15) is 6.92 Å². The average molecular weight is 319 g/mol. The number of benzene rings is 1. The molecule has 0 heterocycles. The third-order valence-electron chi connectivity index (χ3n) is 2.10. The number of hydrogen-bond acceptors (Lipinski definition) is 3. The molecule has 7 heteroatoms. The van der Waals surface area contributed by atoms with Gasteiger partial charge in [-0.25, -0.2) is 9.18 Å². The van der Waals surface area contributed by atoms with Gasteiger partial charge in [0.25, 0.3) is 0 Å². The van der Waals surface area contributed by atoms with Crippen molar-refractivity contribution in [2.45, 2.75) is 13.0 Å². The smallest absolute Gasteiger partial charge is 0.328 e. The van der Waals surface area contributed by atoms with Crippen LogP contribution in [0.15, 0.2) is 22.7 Å². The van der Waals surface area contributed by atoms with E-state index in [2.05, 4.69) is 26.6 Å². The number of carboxylic acids is 1. The Labute approximate surface area is 112 Å². The topological polar surface area (TPSA) is 78.4 Å². The van der Waals surface area contributed by atoms with Crippen molar-refractivity contribution in [2.75, 3.05) is 11.9 Å². The first-order valence-corrected chi connectivity index (χ1v) is 5.88. The molecule has 0 fully saturated rings. The van der Waals surface area contributed by atoms with Crippen LogP contribution >= 0.6 is 15.9 Å². The Hall–Kier alpha value is -1.63. The molecule has 5 nitrogen and oxygen atoms in total. The van der Waals surface area contributed by atoms with E-state index in [9.17, 15) is 14.0 Å². The molecule has 3 N–H and O–H groups in total. The predicted octanol–water partition coefficient (Wildman–Crippen LogP) is 1.59. The zero-order chi connectivity index (χ0) is 13.7. The van der Waals surface area contributed by atoms with Crippen LogP contribution in [0.4, 0.5) is 10.1 Å². The molecule has 0 aliphatic rings. The summed E-state index contributed by atoms with van der Waals surface area (Å²) in [5, 5.41) is 14.0. The highest BCUT2D eigenvalue weighted by molar-refractivity contribution is 9.10. The van der Waals surface area contributed by atoms with E-state index in [1.807, 2.05) is 0 Å². The van der Waals surface area contributed by atoms with E-state index < -0.39 is 23.7 Å². The number of anilines is 1. The summed E-state index contributed by atoms with van der Waals surface area (Å²) >= 11 is 3.15. The highest BCUT2D eigenvalue weighted by Gasteiger charge is 2.18. The zero-order valence-electron chi connectivity index (χ0n) is 9.54. The van der Waals surface area contributed by atoms with Crippen molar-refractivity contribution in [3.05, 3.63) is 28.5 Å². The molecular formula is C11H12BrFN2O3. The van der Waals surface area contributed by atoms with E-state index in [0.29, 0.717) is 10.2 Å². The Kier molecular flexibility index (Phi) is 5.08. The lowest BCUT2D eigenvalue weighted by Crippen LogP contribution is -2.44. The highest BCUT2D eigenvalue weighted by atomic mass is 79.9. The molecule has 0 aliphatic heterocycles. The Morgan fingerprint density at radius 1 is 1.50 bits per heavy atom. The number of amides is 1. The first-order chi connectivity index (χ1) is 8.40. The fraction of sp³-hybridized carbons (Fsp3) is 0.273. The Morgan fingerprint density at radius 2 is 2.17 bits per heavy atom. The van der Waals surface area contributed by atoms with Crippen molar-refractivity contribution < 1.29 is 19.1 Å². The maximum Gasteiger partial charge on any atom is 0.328 e. The van der Waals surface area contributed by atoms with Crippen LogP contribution in [-0.2, 0) is 9.59 Å². The van der Waals surface area contributed by atoms with Gasteiger partial charge in [-0.3, -0.25) is 4.79 Å². The minimum Gasteiger partial charge on any atom is -0.480 e. The maximum absolute atomic E-state index is 12.8. The Morgan fingerprint density at radius 3 is 2.67 bits per heavy atom. The van der Waals surface area contributed by atoms with Crippen LogP contribution in [0.2, 0.25) is 0 Å². The summed E-state index contributed by atoms with van der Waals surface area (Å²) in [7, 11) is 0. The van der Waals surface area contributed by atoms with Gasteiger partial charge >= 0.3 is 5.97 Å². The molecule has 0 bridgehead atoms. The minimum atomic E-state index is -1.14. The van der Waals surface area contributed by atoms with Crippen LogP contribution in [0.25, 0.3) is 0 Å². The van der Waals surface area contributed by atoms with Gasteiger partial charge in [0, 0.05) is 23.6 Å². The zero-order valence-corrected chi connectivity index (χ0v) is 11.1. The Balaban J connectivity index is 2.66. The first kappa shape index (κ1) is 14.4. The number of rotatable bonds is 5. The molecule has 1 rings (SSSR count). The van der Waals surface area contributed by atoms with Gasteiger partial charge in [-0.2, -0.15) is 0 Å². The summed E-state index contributed by atoms with van der Waals surface area (Å²) in [6.45, 7) is 1.24. The quantitative estimate of drug-likeness (QED) is 0.770. The molecule has 1 unspecified atom stereocenters. The molecule has 0 radical (unpaired) electrons. The van der Waals surface area contributed by atoms with Gasteiger partial charge in [0.2, 0.25) is 5.91 Å². The number of carbonyl (C=O) groups is 2. The monoisotopic (exact) mass is 318 g/mol. The SMILES string of the molecule is CC(=O)NC(CNc1ccc(F)cc1Br)C(=O)O. The fourth-order valence-electron chi connectivity index (χ4n) is 1.29. The number of hydrogen-bond donors (Lipinski definition) is 3. The lowest BCUT2D eigenvalue weighted by Gasteiger charge is -2.15. The van der Waals surface area contributed by atoms with Gasteiger partial charge in [-0.1, -0.05) is 0 Å². The number of aliphatic carboxylic acids is 1. The minimum absolute atomic E-state index is 0.000848. The second-order valence-electron chi connectivity index (χ2n) is 3.60. The van der Waals surface area contributed by atoms with Gasteiger partial charge in [0.15, 0.2) is 0 Å². The molecule has 1 aromatic carbocycles. The normalized spacial score (nSPS) is 11.7.